The average Bonchev–Trinajstić information content (AvgIpc) is 0.818. The second-order valence-electron chi connectivity index (χ2n) is 28.7. The molecule has 113 heavy (non-hydrogen) atoms. The summed E-state index contributed by atoms with van der Waals surface area (Å²) in [7, 11) is 1.63. The lowest BCUT2D eigenvalue weighted by atomic mass is 9.96. The SMILES string of the molecule is CC(=O)NC1C(OCCCCCCNC(=O)OCC2OC(OCCCCCCNC(=O)CC(=O)NCOC(C)C)C(NC(C)=O)C(O)C2O)OC(CO)C(O)C1O.COc1cccc(CCNC(=O)CCCCCCCCC(=O)NCC2OC(OCCCCCCNC(=O)CC(=O)NCOC(C)C)C(NC(C)=O)C(O)C2O)c1. The van der Waals surface area contributed by atoms with Gasteiger partial charge in [0.1, 0.15) is 112 Å². The van der Waals surface area contributed by atoms with Crippen molar-refractivity contribution in [3.63, 3.8) is 0 Å². The van der Waals surface area contributed by atoms with Crippen molar-refractivity contribution >= 4 is 59.3 Å². The van der Waals surface area contributed by atoms with Crippen molar-refractivity contribution in [1.82, 2.24) is 53.2 Å². The van der Waals surface area contributed by atoms with Crippen LogP contribution in [0.3, 0.4) is 0 Å². The van der Waals surface area contributed by atoms with E-state index in [0.29, 0.717) is 90.3 Å². The zero-order valence-corrected chi connectivity index (χ0v) is 67.2. The molecule has 0 aromatic heterocycles. The standard InChI is InChI=1S/C40H67N5O11.C36H65N5O16/c1-28(2)55-27-44-36(50)25-35(49)41-21-13-9-10-14-23-54-40-37(45-29(3)46)39(52)38(51)32(56-40)26-43-34(48)19-12-8-6-5-7-11-18-33(47)42-22-20-30-16-15-17-31(24-30)53-4;1-21(2)55-20-39-27(46)17-26(45)37-13-9-5-7-11-16-53-35-29(41-23(4)44)33(50)31(48)25(57-35)19-54-36(51)38-14-10-6-8-12-15-52-34-28(40-22(3)43)32(49)30(47)24(18-42)56-34/h15-17,24,28,32,37-40,51-52H,5-14,18-23,25-27H2,1-4H3,(H,41,49)(H,42,47)(H,43,48)(H,44,50)(H,45,46);21,24-25,28-35,42,47-50H,5-20H2,1-4H3,(H,37,45)(H,38,51)(H,39,46)(H,40,43)(H,41,44). The number of hydrogen-bond donors (Lipinski definition) is 17. The van der Waals surface area contributed by atoms with Gasteiger partial charge < -0.3 is 136 Å². The van der Waals surface area contributed by atoms with Crippen LogP contribution in [-0.2, 0) is 92.2 Å². The normalized spacial score (nSPS) is 23.3. The Hall–Kier alpha value is -7.08. The fourth-order valence-corrected chi connectivity index (χ4v) is 12.0. The molecule has 0 aliphatic carbocycles. The highest BCUT2D eigenvalue weighted by atomic mass is 16.7. The predicted molar refractivity (Wildman–Crippen MR) is 408 cm³/mol. The highest BCUT2D eigenvalue weighted by Crippen LogP contribution is 2.27. The van der Waals surface area contributed by atoms with Gasteiger partial charge in [-0.05, 0) is 103 Å². The average molecular weight is 1620 g/mol. The summed E-state index contributed by atoms with van der Waals surface area (Å²) < 4.78 is 55.6. The number of amides is 10. The molecule has 3 aliphatic rings. The van der Waals surface area contributed by atoms with E-state index in [0.717, 1.165) is 75.5 Å². The smallest absolute Gasteiger partial charge is 0.407 e. The van der Waals surface area contributed by atoms with E-state index in [1.165, 1.54) is 20.8 Å². The molecule has 10 amide bonds. The number of rotatable bonds is 55. The molecule has 4 rings (SSSR count). The molecule has 15 unspecified atom stereocenters. The Morgan fingerprint density at radius 3 is 1.23 bits per heavy atom. The van der Waals surface area contributed by atoms with Gasteiger partial charge in [0, 0.05) is 86.2 Å². The van der Waals surface area contributed by atoms with E-state index in [2.05, 4.69) is 53.2 Å². The summed E-state index contributed by atoms with van der Waals surface area (Å²) in [6.45, 7) is 12.6. The number of nitrogens with one attached hydrogen (secondary N) is 10. The molecule has 17 N–H and O–H groups in total. The molecular formula is C76H132N10O27. The Labute approximate surface area is 663 Å². The molecule has 15 atom stereocenters. The summed E-state index contributed by atoms with van der Waals surface area (Å²) >= 11 is 0. The van der Waals surface area contributed by atoms with Gasteiger partial charge in [0.05, 0.1) is 25.9 Å². The lowest BCUT2D eigenvalue weighted by Crippen LogP contribution is -2.65. The van der Waals surface area contributed by atoms with Gasteiger partial charge in [-0.25, -0.2) is 4.79 Å². The molecule has 648 valence electrons. The molecule has 3 heterocycles. The van der Waals surface area contributed by atoms with Crippen LogP contribution >= 0.6 is 0 Å². The Morgan fingerprint density at radius 2 is 0.796 bits per heavy atom. The van der Waals surface area contributed by atoms with E-state index in [4.69, 9.17) is 47.4 Å². The first-order valence-corrected chi connectivity index (χ1v) is 39.7. The van der Waals surface area contributed by atoms with Crippen molar-refractivity contribution in [2.24, 2.45) is 0 Å². The fraction of sp³-hybridized carbons (Fsp3) is 0.789. The molecule has 3 aliphatic heterocycles. The van der Waals surface area contributed by atoms with Crippen LogP contribution in [0.4, 0.5) is 4.79 Å². The third-order valence-electron chi connectivity index (χ3n) is 18.2. The van der Waals surface area contributed by atoms with Crippen LogP contribution < -0.4 is 57.9 Å². The summed E-state index contributed by atoms with van der Waals surface area (Å²) in [6.07, 6.45) is -1.27. The lowest BCUT2D eigenvalue weighted by molar-refractivity contribution is -0.270. The van der Waals surface area contributed by atoms with Crippen LogP contribution in [0.15, 0.2) is 24.3 Å². The van der Waals surface area contributed by atoms with Crippen LogP contribution in [0.1, 0.15) is 195 Å². The van der Waals surface area contributed by atoms with Crippen LogP contribution in [0, 0.1) is 0 Å². The largest absolute Gasteiger partial charge is 0.497 e. The molecule has 1 aromatic rings. The zero-order valence-electron chi connectivity index (χ0n) is 67.2. The number of benzene rings is 1. The zero-order chi connectivity index (χ0) is 83.5. The highest BCUT2D eigenvalue weighted by molar-refractivity contribution is 5.97. The Bertz CT molecular complexity index is 2910. The first kappa shape index (κ1) is 100. The van der Waals surface area contributed by atoms with Crippen molar-refractivity contribution in [2.75, 3.05) is 86.3 Å². The van der Waals surface area contributed by atoms with Crippen LogP contribution in [0.5, 0.6) is 5.75 Å². The monoisotopic (exact) mass is 1620 g/mol. The maximum absolute atomic E-state index is 12.6. The van der Waals surface area contributed by atoms with Gasteiger partial charge in [-0.15, -0.1) is 0 Å². The van der Waals surface area contributed by atoms with E-state index in [1.807, 2.05) is 52.0 Å². The minimum Gasteiger partial charge on any atom is -0.497 e. The molecule has 37 nitrogen and oxygen atoms in total. The molecule has 3 saturated heterocycles. The summed E-state index contributed by atoms with van der Waals surface area (Å²) in [4.78, 5) is 120. The van der Waals surface area contributed by atoms with Crippen LogP contribution in [0.2, 0.25) is 0 Å². The molecule has 0 bridgehead atoms. The Kier molecular flexibility index (Phi) is 52.0. The van der Waals surface area contributed by atoms with E-state index in [-0.39, 0.29) is 95.1 Å². The van der Waals surface area contributed by atoms with Gasteiger partial charge in [-0.3, -0.25) is 43.2 Å². The van der Waals surface area contributed by atoms with Gasteiger partial charge in [0.2, 0.25) is 53.2 Å². The summed E-state index contributed by atoms with van der Waals surface area (Å²) in [6, 6.07) is 4.70. The number of aliphatic hydroxyl groups excluding tert-OH is 7. The first-order valence-electron chi connectivity index (χ1n) is 39.7. The molecule has 0 radical (unpaired) electrons. The summed E-state index contributed by atoms with van der Waals surface area (Å²) in [5.74, 6) is -2.27. The van der Waals surface area contributed by atoms with Crippen molar-refractivity contribution in [3.05, 3.63) is 29.8 Å². The number of methoxy groups -OCH3 is 1. The van der Waals surface area contributed by atoms with Gasteiger partial charge in [-0.1, -0.05) is 76.3 Å². The number of unbranched alkanes of at least 4 members (excludes halogenated alkanes) is 14. The van der Waals surface area contributed by atoms with Gasteiger partial charge >= 0.3 is 6.09 Å². The first-order chi connectivity index (χ1) is 54.0. The molecule has 37 heteroatoms. The second-order valence-corrected chi connectivity index (χ2v) is 28.7. The molecule has 1 aromatic carbocycles. The molecule has 0 saturated carbocycles. The lowest BCUT2D eigenvalue weighted by Gasteiger charge is -2.42. The number of carbonyl (C=O) groups is 10. The third kappa shape index (κ3) is 44.0. The Balaban J connectivity index is 0.000000585. The van der Waals surface area contributed by atoms with E-state index >= 15 is 0 Å². The summed E-state index contributed by atoms with van der Waals surface area (Å²) in [5, 5.41) is 99.3. The number of hydrogen-bond acceptors (Lipinski definition) is 27. The second kappa shape index (κ2) is 58.7. The number of carbonyl (C=O) groups excluding carboxylic acids is 10. The number of alkyl carbamates (subject to hydrolysis) is 1. The molecule has 3 fully saturated rings. The molecular weight excluding hydrogens is 1480 g/mol. The van der Waals surface area contributed by atoms with Crippen molar-refractivity contribution < 1.29 is 131 Å². The summed E-state index contributed by atoms with van der Waals surface area (Å²) in [5.41, 5.74) is 1.11. The predicted octanol–water partition coefficient (Wildman–Crippen LogP) is -0.109. The minimum absolute atomic E-state index is 0.0226. The van der Waals surface area contributed by atoms with Crippen molar-refractivity contribution in [3.8, 4) is 5.75 Å². The fourth-order valence-electron chi connectivity index (χ4n) is 12.0. The van der Waals surface area contributed by atoms with E-state index < -0.39 is 141 Å². The Morgan fingerprint density at radius 1 is 0.425 bits per heavy atom. The van der Waals surface area contributed by atoms with Gasteiger partial charge in [-0.2, -0.15) is 0 Å². The third-order valence-corrected chi connectivity index (χ3v) is 18.2. The molecule has 0 spiro atoms. The maximum atomic E-state index is 12.6. The van der Waals surface area contributed by atoms with E-state index in [1.54, 1.807) is 7.11 Å². The van der Waals surface area contributed by atoms with Crippen molar-refractivity contribution in [1.29, 1.82) is 0 Å². The maximum Gasteiger partial charge on any atom is 0.407 e. The minimum atomic E-state index is -1.50. The van der Waals surface area contributed by atoms with E-state index in [9.17, 15) is 83.7 Å². The van der Waals surface area contributed by atoms with Gasteiger partial charge in [0.25, 0.3) is 0 Å². The number of aliphatic hydroxyl groups is 7. The quantitative estimate of drug-likeness (QED) is 0.0230. The van der Waals surface area contributed by atoms with Crippen molar-refractivity contribution in [2.45, 2.75) is 300 Å². The van der Waals surface area contributed by atoms with Gasteiger partial charge in [0.15, 0.2) is 18.9 Å². The topological polar surface area (TPSA) is 525 Å². The number of ether oxygens (including phenoxy) is 10. The van der Waals surface area contributed by atoms with Crippen LogP contribution in [-0.4, -0.2) is 285 Å². The highest BCUT2D eigenvalue weighted by Gasteiger charge is 2.48. The van der Waals surface area contributed by atoms with Crippen LogP contribution in [0.25, 0.3) is 0 Å².